The topological polar surface area (TPSA) is 119 Å². The van der Waals surface area contributed by atoms with Crippen LogP contribution in [0.5, 0.6) is 0 Å². The lowest BCUT2D eigenvalue weighted by atomic mass is 10.3. The first kappa shape index (κ1) is 23.0. The molecule has 0 aliphatic heterocycles. The fraction of sp³-hybridized carbons (Fsp3) is 1.00. The maximum absolute atomic E-state index is 8.42. The van der Waals surface area contributed by atoms with Crippen LogP contribution in [-0.4, -0.2) is 49.6 Å². The highest BCUT2D eigenvalue weighted by molar-refractivity contribution is 6.24. The molecule has 0 aromatic rings. The molecule has 0 aliphatic carbocycles. The van der Waals surface area contributed by atoms with Gasteiger partial charge in [0.15, 0.2) is 0 Å². The highest BCUT2D eigenvalue weighted by Gasteiger charge is 1.29. The van der Waals surface area contributed by atoms with Crippen LogP contribution in [0.1, 0.15) is 0 Å². The first-order valence-corrected chi connectivity index (χ1v) is 4.17. The van der Waals surface area contributed by atoms with Crippen LogP contribution in [-0.2, 0) is 0 Å². The summed E-state index contributed by atoms with van der Waals surface area (Å²) in [5.41, 5.74) is 0. The minimum atomic E-state index is -2.92. The van der Waals surface area contributed by atoms with E-state index in [1.165, 1.54) is 0 Å². The quantitative estimate of drug-likeness (QED) is 0.334. The standard InChI is InChI=1S/3C2H7N.BO3/c3*1-3-2;2-1(3)4/h3*3H,1-2H3;/q;;;-3/p+3. The zero-order valence-electron chi connectivity index (χ0n) is 9.53. The van der Waals surface area contributed by atoms with E-state index in [4.69, 9.17) is 15.1 Å². The van der Waals surface area contributed by atoms with Crippen LogP contribution >= 0.6 is 0 Å². The molecule has 7 heteroatoms. The van der Waals surface area contributed by atoms with Crippen molar-refractivity contribution in [2.24, 2.45) is 0 Å². The van der Waals surface area contributed by atoms with Crippen molar-refractivity contribution in [2.75, 3.05) is 42.3 Å². The lowest BCUT2D eigenvalue weighted by Gasteiger charge is -2.35. The van der Waals surface area contributed by atoms with Crippen LogP contribution in [0.15, 0.2) is 0 Å². The first-order chi connectivity index (χ1) is 5.97. The normalized spacial score (nSPS) is 6.23. The Morgan fingerprint density at radius 2 is 0.615 bits per heavy atom. The Bertz CT molecular complexity index is 44.6. The third-order valence-electron chi connectivity index (χ3n) is 0. The highest BCUT2D eigenvalue weighted by atomic mass is 16.5. The lowest BCUT2D eigenvalue weighted by Crippen LogP contribution is -2.74. The van der Waals surface area contributed by atoms with Crippen molar-refractivity contribution >= 4 is 7.32 Å². The Kier molecular flexibility index (Phi) is 72.3. The summed E-state index contributed by atoms with van der Waals surface area (Å²) in [6.07, 6.45) is 0. The van der Waals surface area contributed by atoms with Crippen LogP contribution in [0.3, 0.4) is 0 Å². The minimum absolute atomic E-state index is 2.00. The van der Waals surface area contributed by atoms with Crippen molar-refractivity contribution < 1.29 is 31.0 Å². The molecule has 0 aliphatic rings. The maximum Gasteiger partial charge on any atom is 0.0647 e. The average Bonchev–Trinajstić information content (AvgIpc) is 1.88. The van der Waals surface area contributed by atoms with Crippen LogP contribution in [0.2, 0.25) is 0 Å². The Balaban J connectivity index is -0.0000000420. The SMILES string of the molecule is C[NH2+]C.C[NH2+]C.C[NH2+]C.[O-]B([O-])[O-]. The molecule has 0 radical (unpaired) electrons. The van der Waals surface area contributed by atoms with E-state index in [1.54, 1.807) is 0 Å². The van der Waals surface area contributed by atoms with E-state index >= 15 is 0 Å². The van der Waals surface area contributed by atoms with Crippen LogP contribution in [0, 0.1) is 0 Å². The summed E-state index contributed by atoms with van der Waals surface area (Å²) in [5, 5.41) is 31.2. The van der Waals surface area contributed by atoms with Gasteiger partial charge in [0.25, 0.3) is 0 Å². The number of hydrogen-bond acceptors (Lipinski definition) is 3. The van der Waals surface area contributed by atoms with Crippen molar-refractivity contribution in [3.8, 4) is 0 Å². The summed E-state index contributed by atoms with van der Waals surface area (Å²) in [5.74, 6) is 0. The molecule has 13 heavy (non-hydrogen) atoms. The molecule has 0 atom stereocenters. The van der Waals surface area contributed by atoms with Gasteiger partial charge in [0.1, 0.15) is 0 Å². The van der Waals surface area contributed by atoms with Gasteiger partial charge in [-0.25, -0.2) is 0 Å². The van der Waals surface area contributed by atoms with E-state index in [9.17, 15) is 0 Å². The molecule has 0 amide bonds. The molecule has 0 unspecified atom stereocenters. The van der Waals surface area contributed by atoms with Gasteiger partial charge >= 0.3 is 0 Å². The molecule has 0 aromatic carbocycles. The Morgan fingerprint density at radius 3 is 0.615 bits per heavy atom. The second kappa shape index (κ2) is 40.8. The van der Waals surface area contributed by atoms with Gasteiger partial charge in [-0.3, -0.25) is 7.32 Å². The predicted octanol–water partition coefficient (Wildman–Crippen LogP) is -7.52. The summed E-state index contributed by atoms with van der Waals surface area (Å²) < 4.78 is 0. The molecule has 6 nitrogen and oxygen atoms in total. The molecule has 84 valence electrons. The van der Waals surface area contributed by atoms with E-state index in [-0.39, 0.29) is 0 Å². The minimum Gasteiger partial charge on any atom is -0.907 e. The maximum atomic E-state index is 8.42. The Morgan fingerprint density at radius 1 is 0.615 bits per heavy atom. The molecule has 0 spiro atoms. The molecule has 0 saturated heterocycles. The summed E-state index contributed by atoms with van der Waals surface area (Å²) in [6.45, 7) is 0. The van der Waals surface area contributed by atoms with Gasteiger partial charge < -0.3 is 31.0 Å². The van der Waals surface area contributed by atoms with E-state index in [2.05, 4.69) is 0 Å². The summed E-state index contributed by atoms with van der Waals surface area (Å²) in [6, 6.07) is 0. The monoisotopic (exact) mass is 197 g/mol. The molecule has 0 fully saturated rings. The largest absolute Gasteiger partial charge is 0.907 e. The molecule has 0 bridgehead atoms. The van der Waals surface area contributed by atoms with Gasteiger partial charge in [0.2, 0.25) is 0 Å². The first-order valence-electron chi connectivity index (χ1n) is 4.17. The molecule has 0 saturated carbocycles. The number of nitrogens with two attached hydrogens (primary N) is 3. The fourth-order valence-corrected chi connectivity index (χ4v) is 0. The summed E-state index contributed by atoms with van der Waals surface area (Å²) in [7, 11) is 9.08. The number of rotatable bonds is 0. The summed E-state index contributed by atoms with van der Waals surface area (Å²) in [4.78, 5) is 0. The van der Waals surface area contributed by atoms with Gasteiger partial charge in [-0.05, 0) is 0 Å². The van der Waals surface area contributed by atoms with Crippen molar-refractivity contribution in [1.82, 2.24) is 0 Å². The van der Waals surface area contributed by atoms with E-state index in [0.717, 1.165) is 0 Å². The molecular weight excluding hydrogens is 173 g/mol. The lowest BCUT2D eigenvalue weighted by molar-refractivity contribution is -0.597. The van der Waals surface area contributed by atoms with Crippen molar-refractivity contribution in [2.45, 2.75) is 0 Å². The van der Waals surface area contributed by atoms with Crippen LogP contribution in [0.4, 0.5) is 0 Å². The smallest absolute Gasteiger partial charge is 0.0647 e. The third kappa shape index (κ3) is 37200. The predicted molar refractivity (Wildman–Crippen MR) is 47.1 cm³/mol. The van der Waals surface area contributed by atoms with Crippen LogP contribution in [0.25, 0.3) is 0 Å². The molecule has 0 aromatic heterocycles. The molecular formula is C6H24BN3O3. The van der Waals surface area contributed by atoms with E-state index < -0.39 is 7.32 Å². The van der Waals surface area contributed by atoms with E-state index in [1.807, 2.05) is 58.2 Å². The molecule has 0 heterocycles. The summed E-state index contributed by atoms with van der Waals surface area (Å²) >= 11 is 0. The molecule has 6 N–H and O–H groups in total. The Hall–Kier alpha value is -0.175. The van der Waals surface area contributed by atoms with E-state index in [0.29, 0.717) is 0 Å². The van der Waals surface area contributed by atoms with Gasteiger partial charge in [0, 0.05) is 0 Å². The highest BCUT2D eigenvalue weighted by Crippen LogP contribution is 0.995. The van der Waals surface area contributed by atoms with Gasteiger partial charge in [-0.15, -0.1) is 0 Å². The van der Waals surface area contributed by atoms with Crippen molar-refractivity contribution in [3.63, 3.8) is 0 Å². The Labute approximate surface area is 81.5 Å². The van der Waals surface area contributed by atoms with Crippen molar-refractivity contribution in [3.05, 3.63) is 0 Å². The van der Waals surface area contributed by atoms with Gasteiger partial charge in [0.05, 0.1) is 42.3 Å². The van der Waals surface area contributed by atoms with Gasteiger partial charge in [-0.2, -0.15) is 0 Å². The zero-order chi connectivity index (χ0) is 11.7. The van der Waals surface area contributed by atoms with Crippen molar-refractivity contribution in [1.29, 1.82) is 0 Å². The average molecular weight is 197 g/mol. The van der Waals surface area contributed by atoms with Crippen LogP contribution < -0.4 is 31.0 Å². The number of quaternary nitrogens is 3. The second-order valence-corrected chi connectivity index (χ2v) is 2.02. The molecule has 0 rings (SSSR count). The zero-order valence-corrected chi connectivity index (χ0v) is 9.53. The number of hydrogen-bond donors (Lipinski definition) is 3. The third-order valence-corrected chi connectivity index (χ3v) is 0. The fourth-order valence-electron chi connectivity index (χ4n) is 0. The van der Waals surface area contributed by atoms with Gasteiger partial charge in [-0.1, -0.05) is 0 Å². The second-order valence-electron chi connectivity index (χ2n) is 2.02.